The number of alkyl halides is 3. The molecule has 2 N–H and O–H groups in total. The smallest absolute Gasteiger partial charge is 0.501 e. The second-order valence-electron chi connectivity index (χ2n) is 8.55. The third-order valence-electron chi connectivity index (χ3n) is 4.96. The molecule has 0 spiro atoms. The SMILES string of the molecule is CCc1c(S(C)(=O)=O)cc(C(C)(C)C)c(O)c1C(=O)Nc1ccc(S(=O)(=O)C(F)(F)F)cc1Cl. The van der Waals surface area contributed by atoms with E-state index in [0.717, 1.165) is 12.3 Å². The Labute approximate surface area is 200 Å². The van der Waals surface area contributed by atoms with E-state index in [1.807, 2.05) is 0 Å². The van der Waals surface area contributed by atoms with E-state index in [4.69, 9.17) is 11.6 Å². The third-order valence-corrected chi connectivity index (χ3v) is 7.92. The van der Waals surface area contributed by atoms with Crippen LogP contribution in [0.4, 0.5) is 18.9 Å². The highest BCUT2D eigenvalue weighted by molar-refractivity contribution is 7.92. The van der Waals surface area contributed by atoms with Gasteiger partial charge in [-0.3, -0.25) is 4.79 Å². The van der Waals surface area contributed by atoms with Crippen molar-refractivity contribution in [3.05, 3.63) is 46.0 Å². The van der Waals surface area contributed by atoms with Gasteiger partial charge in [0.25, 0.3) is 15.7 Å². The van der Waals surface area contributed by atoms with E-state index >= 15 is 0 Å². The molecule has 1 amide bonds. The molecule has 188 valence electrons. The van der Waals surface area contributed by atoms with Gasteiger partial charge in [-0.25, -0.2) is 16.8 Å². The van der Waals surface area contributed by atoms with Crippen LogP contribution in [0, 0.1) is 0 Å². The van der Waals surface area contributed by atoms with Crippen LogP contribution in [-0.2, 0) is 31.5 Å². The van der Waals surface area contributed by atoms with Crippen LogP contribution in [0.2, 0.25) is 5.02 Å². The van der Waals surface area contributed by atoms with Gasteiger partial charge in [0.05, 0.1) is 26.1 Å². The van der Waals surface area contributed by atoms with Crippen molar-refractivity contribution in [2.24, 2.45) is 0 Å². The van der Waals surface area contributed by atoms with Gasteiger partial charge in [-0.2, -0.15) is 13.2 Å². The van der Waals surface area contributed by atoms with Gasteiger partial charge in [0.1, 0.15) is 5.75 Å². The molecule has 0 aliphatic rings. The molecule has 0 atom stereocenters. The number of anilines is 1. The summed E-state index contributed by atoms with van der Waals surface area (Å²) in [6, 6.07) is 3.34. The molecule has 13 heteroatoms. The highest BCUT2D eigenvalue weighted by Crippen LogP contribution is 2.40. The average molecular weight is 542 g/mol. The molecule has 7 nitrogen and oxygen atoms in total. The summed E-state index contributed by atoms with van der Waals surface area (Å²) >= 11 is 5.93. The van der Waals surface area contributed by atoms with Crippen molar-refractivity contribution in [3.63, 3.8) is 0 Å². The lowest BCUT2D eigenvalue weighted by Gasteiger charge is -2.25. The lowest BCUT2D eigenvalue weighted by Crippen LogP contribution is -2.23. The predicted molar refractivity (Wildman–Crippen MR) is 122 cm³/mol. The van der Waals surface area contributed by atoms with Gasteiger partial charge in [0.15, 0.2) is 9.84 Å². The maximum atomic E-state index is 13.1. The Morgan fingerprint density at radius 3 is 2.06 bits per heavy atom. The van der Waals surface area contributed by atoms with E-state index in [9.17, 15) is 39.9 Å². The summed E-state index contributed by atoms with van der Waals surface area (Å²) in [7, 11) is -9.47. The summed E-state index contributed by atoms with van der Waals surface area (Å²) in [4.78, 5) is 11.9. The number of nitrogens with one attached hydrogen (secondary N) is 1. The highest BCUT2D eigenvalue weighted by Gasteiger charge is 2.47. The molecule has 0 aliphatic heterocycles. The Morgan fingerprint density at radius 1 is 1.09 bits per heavy atom. The molecule has 2 aromatic rings. The number of aromatic hydroxyl groups is 1. The van der Waals surface area contributed by atoms with Crippen LogP contribution in [0.15, 0.2) is 34.1 Å². The number of rotatable bonds is 5. The van der Waals surface area contributed by atoms with Crippen LogP contribution in [-0.4, -0.2) is 39.6 Å². The van der Waals surface area contributed by atoms with Gasteiger partial charge in [-0.15, -0.1) is 0 Å². The maximum Gasteiger partial charge on any atom is 0.501 e. The second-order valence-corrected chi connectivity index (χ2v) is 12.9. The predicted octanol–water partition coefficient (Wildman–Crippen LogP) is 4.85. The molecule has 0 unspecified atom stereocenters. The monoisotopic (exact) mass is 541 g/mol. The number of phenolic OH excluding ortho intramolecular Hbond substituents is 1. The number of sulfone groups is 2. The van der Waals surface area contributed by atoms with E-state index in [1.165, 1.54) is 6.07 Å². The number of carbonyl (C=O) groups is 1. The lowest BCUT2D eigenvalue weighted by molar-refractivity contribution is -0.0436. The third kappa shape index (κ3) is 5.33. The first-order valence-electron chi connectivity index (χ1n) is 9.75. The maximum absolute atomic E-state index is 13.1. The molecule has 34 heavy (non-hydrogen) atoms. The Bertz CT molecular complexity index is 1360. The molecule has 2 aromatic carbocycles. The van der Waals surface area contributed by atoms with Gasteiger partial charge >= 0.3 is 5.51 Å². The topological polar surface area (TPSA) is 118 Å². The number of carbonyl (C=O) groups excluding carboxylic acids is 1. The number of amides is 1. The van der Waals surface area contributed by atoms with E-state index in [0.29, 0.717) is 12.1 Å². The van der Waals surface area contributed by atoms with E-state index in [-0.39, 0.29) is 33.7 Å². The van der Waals surface area contributed by atoms with Crippen molar-refractivity contribution in [2.75, 3.05) is 11.6 Å². The summed E-state index contributed by atoms with van der Waals surface area (Å²) in [6.07, 6.45) is 1.02. The molecule has 0 bridgehead atoms. The van der Waals surface area contributed by atoms with Crippen LogP contribution in [0.1, 0.15) is 49.2 Å². The fourth-order valence-corrected chi connectivity index (χ4v) is 5.37. The minimum atomic E-state index is -5.66. The second kappa shape index (κ2) is 9.04. The zero-order valence-corrected chi connectivity index (χ0v) is 21.2. The van der Waals surface area contributed by atoms with Crippen LogP contribution < -0.4 is 5.32 Å². The molecule has 0 aliphatic carbocycles. The average Bonchev–Trinajstić information content (AvgIpc) is 2.65. The van der Waals surface area contributed by atoms with Gasteiger partial charge < -0.3 is 10.4 Å². The molecular weight excluding hydrogens is 519 g/mol. The molecule has 0 radical (unpaired) electrons. The zero-order chi connectivity index (χ0) is 26.4. The first-order chi connectivity index (χ1) is 15.2. The lowest BCUT2D eigenvalue weighted by atomic mass is 9.83. The van der Waals surface area contributed by atoms with E-state index in [1.54, 1.807) is 27.7 Å². The molecule has 0 aromatic heterocycles. The molecule has 0 heterocycles. The summed E-state index contributed by atoms with van der Waals surface area (Å²) in [5.41, 5.74) is -6.64. The largest absolute Gasteiger partial charge is 0.507 e. The molecular formula is C21H23ClF3NO6S2. The minimum Gasteiger partial charge on any atom is -0.507 e. The van der Waals surface area contributed by atoms with Crippen molar-refractivity contribution < 1.29 is 39.9 Å². The van der Waals surface area contributed by atoms with Crippen LogP contribution in [0.3, 0.4) is 0 Å². The molecule has 0 fully saturated rings. The molecule has 0 saturated carbocycles. The van der Waals surface area contributed by atoms with Crippen molar-refractivity contribution in [3.8, 4) is 5.75 Å². The number of halogens is 4. The highest BCUT2D eigenvalue weighted by atomic mass is 35.5. The summed E-state index contributed by atoms with van der Waals surface area (Å²) < 4.78 is 86.4. The summed E-state index contributed by atoms with van der Waals surface area (Å²) in [5, 5.41) is 12.7. The minimum absolute atomic E-state index is 0.0397. The zero-order valence-electron chi connectivity index (χ0n) is 18.8. The Hall–Kier alpha value is -2.31. The fourth-order valence-electron chi connectivity index (χ4n) is 3.27. The van der Waals surface area contributed by atoms with E-state index in [2.05, 4.69) is 5.32 Å². The number of hydrogen-bond acceptors (Lipinski definition) is 6. The van der Waals surface area contributed by atoms with Crippen LogP contribution >= 0.6 is 11.6 Å². The number of hydrogen-bond donors (Lipinski definition) is 2. The van der Waals surface area contributed by atoms with Crippen molar-refractivity contribution >= 4 is 42.9 Å². The standard InChI is InChI=1S/C21H23ClF3NO6S2/c1-6-12-16(33(5,29)30)10-13(20(2,3)4)18(27)17(12)19(28)26-15-8-7-11(9-14(15)22)34(31,32)21(23,24)25/h7-10,27H,6H2,1-5H3,(H,26,28). The van der Waals surface area contributed by atoms with Gasteiger partial charge in [-0.05, 0) is 41.7 Å². The Morgan fingerprint density at radius 2 is 1.65 bits per heavy atom. The van der Waals surface area contributed by atoms with Crippen LogP contribution in [0.25, 0.3) is 0 Å². The van der Waals surface area contributed by atoms with Crippen molar-refractivity contribution in [2.45, 2.75) is 54.8 Å². The quantitative estimate of drug-likeness (QED) is 0.558. The number of benzene rings is 2. The molecule has 0 saturated heterocycles. The first kappa shape index (κ1) is 27.9. The fraction of sp³-hybridized carbons (Fsp3) is 0.381. The van der Waals surface area contributed by atoms with Crippen molar-refractivity contribution in [1.29, 1.82) is 0 Å². The van der Waals surface area contributed by atoms with Crippen LogP contribution in [0.5, 0.6) is 5.75 Å². The Kier molecular flexibility index (Phi) is 7.43. The summed E-state index contributed by atoms with van der Waals surface area (Å²) in [6.45, 7) is 6.70. The van der Waals surface area contributed by atoms with Gasteiger partial charge in [0.2, 0.25) is 0 Å². The number of phenols is 1. The Balaban J connectivity index is 2.67. The van der Waals surface area contributed by atoms with Gasteiger partial charge in [-0.1, -0.05) is 39.3 Å². The first-order valence-corrected chi connectivity index (χ1v) is 13.5. The normalized spacial score (nSPS) is 13.1. The van der Waals surface area contributed by atoms with E-state index < -0.39 is 52.2 Å². The summed E-state index contributed by atoms with van der Waals surface area (Å²) in [5.74, 6) is -1.43. The van der Waals surface area contributed by atoms with Gasteiger partial charge in [0, 0.05) is 11.8 Å². The van der Waals surface area contributed by atoms with Crippen molar-refractivity contribution in [1.82, 2.24) is 0 Å². The molecule has 2 rings (SSSR count).